The largest absolute Gasteiger partial charge is 0.457 e. The van der Waals surface area contributed by atoms with Crippen molar-refractivity contribution in [2.24, 2.45) is 11.8 Å². The molecule has 7 nitrogen and oxygen atoms in total. The van der Waals surface area contributed by atoms with E-state index in [1.165, 1.54) is 28.6 Å². The van der Waals surface area contributed by atoms with Gasteiger partial charge in [0.05, 0.1) is 24.0 Å². The Morgan fingerprint density at radius 1 is 1.20 bits per heavy atom. The fourth-order valence-corrected chi connectivity index (χ4v) is 4.13. The summed E-state index contributed by atoms with van der Waals surface area (Å²) < 4.78 is 36.6. The Morgan fingerprint density at radius 2 is 1.80 bits per heavy atom. The SMILES string of the molecule is C[C@@H]1C[C@H]1C(=O)OCC(=O)c1ccc(S(=O)(=O)N2CCOCC2)cc1. The van der Waals surface area contributed by atoms with Gasteiger partial charge in [0.2, 0.25) is 10.0 Å². The number of nitrogens with zero attached hydrogens (tertiary/aromatic N) is 1. The number of morpholine rings is 1. The molecule has 0 spiro atoms. The van der Waals surface area contributed by atoms with Gasteiger partial charge in [0.15, 0.2) is 12.4 Å². The zero-order chi connectivity index (χ0) is 18.0. The van der Waals surface area contributed by atoms with Gasteiger partial charge in [0.1, 0.15) is 0 Å². The number of hydrogen-bond acceptors (Lipinski definition) is 6. The molecule has 136 valence electrons. The van der Waals surface area contributed by atoms with Gasteiger partial charge in [-0.05, 0) is 36.6 Å². The van der Waals surface area contributed by atoms with Crippen LogP contribution in [0.3, 0.4) is 0 Å². The zero-order valence-electron chi connectivity index (χ0n) is 14.0. The zero-order valence-corrected chi connectivity index (χ0v) is 14.8. The quantitative estimate of drug-likeness (QED) is 0.552. The van der Waals surface area contributed by atoms with Crippen molar-refractivity contribution >= 4 is 21.8 Å². The summed E-state index contributed by atoms with van der Waals surface area (Å²) in [6, 6.07) is 5.71. The normalized spacial score (nSPS) is 23.9. The number of rotatable bonds is 6. The smallest absolute Gasteiger partial charge is 0.309 e. The van der Waals surface area contributed by atoms with E-state index in [4.69, 9.17) is 9.47 Å². The van der Waals surface area contributed by atoms with Gasteiger partial charge in [-0.1, -0.05) is 6.92 Å². The van der Waals surface area contributed by atoms with Crippen LogP contribution >= 0.6 is 0 Å². The molecule has 0 bridgehead atoms. The molecule has 8 heteroatoms. The van der Waals surface area contributed by atoms with Crippen LogP contribution in [-0.4, -0.2) is 57.4 Å². The molecule has 0 N–H and O–H groups in total. The van der Waals surface area contributed by atoms with Crippen molar-refractivity contribution in [1.29, 1.82) is 0 Å². The van der Waals surface area contributed by atoms with E-state index in [9.17, 15) is 18.0 Å². The first-order valence-electron chi connectivity index (χ1n) is 8.27. The van der Waals surface area contributed by atoms with E-state index in [-0.39, 0.29) is 29.2 Å². The van der Waals surface area contributed by atoms with E-state index in [2.05, 4.69) is 0 Å². The van der Waals surface area contributed by atoms with Gasteiger partial charge in [-0.15, -0.1) is 0 Å². The summed E-state index contributed by atoms with van der Waals surface area (Å²) in [5, 5.41) is 0. The highest BCUT2D eigenvalue weighted by molar-refractivity contribution is 7.89. The molecular formula is C17H21NO6S. The van der Waals surface area contributed by atoms with E-state index in [0.717, 1.165) is 6.42 Å². The molecule has 1 aliphatic carbocycles. The van der Waals surface area contributed by atoms with Crippen molar-refractivity contribution in [2.75, 3.05) is 32.9 Å². The average Bonchev–Trinajstić information content (AvgIpc) is 3.37. The van der Waals surface area contributed by atoms with Crippen LogP contribution in [0.15, 0.2) is 29.2 Å². The first-order chi connectivity index (χ1) is 11.9. The molecule has 1 heterocycles. The van der Waals surface area contributed by atoms with Gasteiger partial charge in [-0.2, -0.15) is 4.31 Å². The number of carbonyl (C=O) groups is 2. The van der Waals surface area contributed by atoms with E-state index >= 15 is 0 Å². The highest BCUT2D eigenvalue weighted by atomic mass is 32.2. The molecular weight excluding hydrogens is 346 g/mol. The van der Waals surface area contributed by atoms with E-state index in [0.29, 0.717) is 37.8 Å². The summed E-state index contributed by atoms with van der Waals surface area (Å²) in [6.45, 7) is 3.03. The maximum Gasteiger partial charge on any atom is 0.309 e. The number of ketones is 1. The summed E-state index contributed by atoms with van der Waals surface area (Å²) >= 11 is 0. The Labute approximate surface area is 147 Å². The Morgan fingerprint density at radius 3 is 2.36 bits per heavy atom. The summed E-state index contributed by atoms with van der Waals surface area (Å²) in [7, 11) is -3.58. The Hall–Kier alpha value is -1.77. The lowest BCUT2D eigenvalue weighted by molar-refractivity contribution is -0.144. The van der Waals surface area contributed by atoms with Crippen LogP contribution in [0.1, 0.15) is 23.7 Å². The summed E-state index contributed by atoms with van der Waals surface area (Å²) in [4.78, 5) is 23.9. The number of benzene rings is 1. The van der Waals surface area contributed by atoms with Gasteiger partial charge < -0.3 is 9.47 Å². The van der Waals surface area contributed by atoms with Crippen LogP contribution < -0.4 is 0 Å². The molecule has 3 rings (SSSR count). The van der Waals surface area contributed by atoms with Crippen LogP contribution in [0.2, 0.25) is 0 Å². The third-order valence-corrected chi connectivity index (χ3v) is 6.45. The number of Topliss-reactive ketones (excluding diaryl/α,β-unsaturated/α-hetero) is 1. The summed E-state index contributed by atoms with van der Waals surface area (Å²) in [5.74, 6) is -0.453. The molecule has 0 radical (unpaired) electrons. The van der Waals surface area contributed by atoms with Gasteiger partial charge in [0.25, 0.3) is 0 Å². The number of hydrogen-bond donors (Lipinski definition) is 0. The Balaban J connectivity index is 1.61. The molecule has 25 heavy (non-hydrogen) atoms. The number of esters is 1. The van der Waals surface area contributed by atoms with Gasteiger partial charge in [0, 0.05) is 18.7 Å². The van der Waals surface area contributed by atoms with Crippen LogP contribution in [0.5, 0.6) is 0 Å². The van der Waals surface area contributed by atoms with Crippen molar-refractivity contribution < 1.29 is 27.5 Å². The molecule has 1 saturated carbocycles. The minimum absolute atomic E-state index is 0.0890. The lowest BCUT2D eigenvalue weighted by Gasteiger charge is -2.26. The van der Waals surface area contributed by atoms with Crippen LogP contribution in [0, 0.1) is 11.8 Å². The van der Waals surface area contributed by atoms with Crippen molar-refractivity contribution in [3.05, 3.63) is 29.8 Å². The van der Waals surface area contributed by atoms with Crippen LogP contribution in [0.25, 0.3) is 0 Å². The maximum absolute atomic E-state index is 12.5. The third-order valence-electron chi connectivity index (χ3n) is 4.54. The third kappa shape index (κ3) is 4.08. The summed E-state index contributed by atoms with van der Waals surface area (Å²) in [6.07, 6.45) is 0.807. The second kappa shape index (κ2) is 7.23. The molecule has 2 aliphatic rings. The van der Waals surface area contributed by atoms with Gasteiger partial charge in [-0.25, -0.2) is 8.42 Å². The first kappa shape index (κ1) is 18.0. The van der Waals surface area contributed by atoms with Crippen LogP contribution in [0.4, 0.5) is 0 Å². The van der Waals surface area contributed by atoms with E-state index in [1.807, 2.05) is 6.92 Å². The molecule has 2 atom stereocenters. The molecule has 0 unspecified atom stereocenters. The lowest BCUT2D eigenvalue weighted by atomic mass is 10.1. The molecule has 1 aromatic carbocycles. The average molecular weight is 367 g/mol. The highest BCUT2D eigenvalue weighted by Gasteiger charge is 2.40. The summed E-state index contributed by atoms with van der Waals surface area (Å²) in [5.41, 5.74) is 0.317. The number of carbonyl (C=O) groups excluding carboxylic acids is 2. The predicted octanol–water partition coefficient (Wildman–Crippen LogP) is 1.09. The van der Waals surface area contributed by atoms with Crippen molar-refractivity contribution in [1.82, 2.24) is 4.31 Å². The maximum atomic E-state index is 12.5. The number of sulfonamides is 1. The monoisotopic (exact) mass is 367 g/mol. The second-order valence-corrected chi connectivity index (χ2v) is 8.33. The lowest BCUT2D eigenvalue weighted by Crippen LogP contribution is -2.40. The van der Waals surface area contributed by atoms with Gasteiger partial charge in [-0.3, -0.25) is 9.59 Å². The Bertz CT molecular complexity index is 752. The van der Waals surface area contributed by atoms with Gasteiger partial charge >= 0.3 is 5.97 Å². The standard InChI is InChI=1S/C17H21NO6S/c1-12-10-15(12)17(20)24-11-16(19)13-2-4-14(5-3-13)25(21,22)18-6-8-23-9-7-18/h2-5,12,15H,6-11H2,1H3/t12-,15-/m1/s1. The highest BCUT2D eigenvalue weighted by Crippen LogP contribution is 2.38. The minimum Gasteiger partial charge on any atom is -0.457 e. The molecule has 0 aromatic heterocycles. The van der Waals surface area contributed by atoms with E-state index in [1.54, 1.807) is 0 Å². The molecule has 0 amide bonds. The Kier molecular flexibility index (Phi) is 5.21. The minimum atomic E-state index is -3.58. The van der Waals surface area contributed by atoms with Crippen LogP contribution in [-0.2, 0) is 24.3 Å². The van der Waals surface area contributed by atoms with Crippen molar-refractivity contribution in [2.45, 2.75) is 18.2 Å². The first-order valence-corrected chi connectivity index (χ1v) is 9.71. The fourth-order valence-electron chi connectivity index (χ4n) is 2.73. The molecule has 1 aromatic rings. The second-order valence-electron chi connectivity index (χ2n) is 6.39. The molecule has 2 fully saturated rings. The topological polar surface area (TPSA) is 90.0 Å². The van der Waals surface area contributed by atoms with Crippen molar-refractivity contribution in [3.63, 3.8) is 0 Å². The molecule has 1 saturated heterocycles. The predicted molar refractivity (Wildman–Crippen MR) is 88.6 cm³/mol. The fraction of sp³-hybridized carbons (Fsp3) is 0.529. The van der Waals surface area contributed by atoms with Crippen molar-refractivity contribution in [3.8, 4) is 0 Å². The van der Waals surface area contributed by atoms with E-state index < -0.39 is 10.0 Å². The number of ether oxygens (including phenoxy) is 2. The molecule has 1 aliphatic heterocycles.